The third-order valence-electron chi connectivity index (χ3n) is 13.4. The quantitative estimate of drug-likeness (QED) is 0.0196. The van der Waals surface area contributed by atoms with Crippen LogP contribution in [0.5, 0.6) is 0 Å². The Morgan fingerprint density at radius 3 is 1.38 bits per heavy atom. The summed E-state index contributed by atoms with van der Waals surface area (Å²) in [6.07, 6.45) is 56.9. The van der Waals surface area contributed by atoms with Crippen LogP contribution >= 0.6 is 0 Å². The maximum Gasteiger partial charge on any atom is 0.397 e. The average molecular weight is 1050 g/mol. The van der Waals surface area contributed by atoms with Crippen LogP contribution in [0.15, 0.2) is 60.8 Å². The Hall–Kier alpha value is -2.20. The molecule has 1 heterocycles. The van der Waals surface area contributed by atoms with E-state index in [0.29, 0.717) is 13.0 Å². The van der Waals surface area contributed by atoms with E-state index in [1.807, 2.05) is 0 Å². The van der Waals surface area contributed by atoms with Gasteiger partial charge in [0.15, 0.2) is 6.29 Å². The lowest BCUT2D eigenvalue weighted by Crippen LogP contribution is -2.60. The number of esters is 1. The third-order valence-corrected chi connectivity index (χ3v) is 13.9. The van der Waals surface area contributed by atoms with Crippen LogP contribution in [0.3, 0.4) is 0 Å². The van der Waals surface area contributed by atoms with Gasteiger partial charge in [0.25, 0.3) is 0 Å². The van der Waals surface area contributed by atoms with Crippen molar-refractivity contribution in [3.8, 4) is 0 Å². The first kappa shape index (κ1) is 68.8. The van der Waals surface area contributed by atoms with Crippen LogP contribution in [0.2, 0.25) is 0 Å². The first-order valence-electron chi connectivity index (χ1n) is 29.5. The van der Waals surface area contributed by atoms with Crippen LogP contribution in [0.1, 0.15) is 251 Å². The monoisotopic (exact) mass is 1050 g/mol. The molecule has 12 nitrogen and oxygen atoms in total. The Bertz CT molecular complexity index is 1500. The number of carbonyl (C=O) groups excluding carboxylic acids is 1. The lowest BCUT2D eigenvalue weighted by Gasteiger charge is -2.41. The highest BCUT2D eigenvalue weighted by Crippen LogP contribution is 2.26. The summed E-state index contributed by atoms with van der Waals surface area (Å²) < 4.78 is 59.5. The van der Waals surface area contributed by atoms with Crippen molar-refractivity contribution in [3.05, 3.63) is 60.8 Å². The molecule has 4 N–H and O–H groups in total. The minimum Gasteiger partial charge on any atom is -0.457 e. The van der Waals surface area contributed by atoms with Crippen LogP contribution in [0.4, 0.5) is 0 Å². The Morgan fingerprint density at radius 2 is 0.945 bits per heavy atom. The van der Waals surface area contributed by atoms with Gasteiger partial charge in [-0.1, -0.05) is 248 Å². The van der Waals surface area contributed by atoms with Gasteiger partial charge < -0.3 is 34.3 Å². The zero-order valence-corrected chi connectivity index (χ0v) is 47.0. The molecular formula is C60H108O12S. The smallest absolute Gasteiger partial charge is 0.397 e. The van der Waals surface area contributed by atoms with Gasteiger partial charge in [-0.05, 0) is 57.8 Å². The van der Waals surface area contributed by atoms with Crippen LogP contribution in [-0.4, -0.2) is 97.5 Å². The molecule has 1 rings (SSSR count). The number of allylic oxidation sites excluding steroid dienone is 10. The number of unbranched alkanes of at least 4 members (excludes halogenated alkanes) is 29. The lowest BCUT2D eigenvalue weighted by molar-refractivity contribution is -0.301. The minimum absolute atomic E-state index is 0.0260. The van der Waals surface area contributed by atoms with E-state index in [1.54, 1.807) is 0 Å². The zero-order valence-electron chi connectivity index (χ0n) is 46.2. The normalized spacial score (nSPS) is 19.2. The maximum absolute atomic E-state index is 13.0. The standard InChI is InChI=1S/C60H108O12S/c1-3-5-7-9-11-13-15-17-19-21-23-25-27-28-29-31-33-35-37-39-41-43-45-47-49-56(62)70-54(53-69-60-58(64)59(72-73(65,66)67)57(63)55(51-61)71-60)52-68-50-48-46-44-42-40-38-36-34-32-30-26-24-22-20-18-16-14-12-10-8-6-4-2/h6,8,12,14,18,20,24,26,32,34,54-55,57-61,63-64H,3-5,7,9-11,13,15-17,19,21-23,25,27-31,33,35-53H2,1-2H3,(H,65,66,67)/b8-6-,14-12-,20-18-,26-24-,34-32-. The summed E-state index contributed by atoms with van der Waals surface area (Å²) in [5.74, 6) is -0.401. The van der Waals surface area contributed by atoms with E-state index >= 15 is 0 Å². The van der Waals surface area contributed by atoms with Gasteiger partial charge in [-0.25, -0.2) is 4.18 Å². The van der Waals surface area contributed by atoms with Gasteiger partial charge >= 0.3 is 16.4 Å². The summed E-state index contributed by atoms with van der Waals surface area (Å²) in [4.78, 5) is 13.0. The second-order valence-electron chi connectivity index (χ2n) is 20.2. The van der Waals surface area contributed by atoms with E-state index in [0.717, 1.165) is 89.9 Å². The molecule has 1 aliphatic heterocycles. The number of carbonyl (C=O) groups is 1. The zero-order chi connectivity index (χ0) is 53.1. The summed E-state index contributed by atoms with van der Waals surface area (Å²) in [5.41, 5.74) is 0. The molecule has 0 aromatic carbocycles. The molecule has 426 valence electrons. The van der Waals surface area contributed by atoms with E-state index in [4.69, 9.17) is 18.9 Å². The predicted octanol–water partition coefficient (Wildman–Crippen LogP) is 14.8. The molecule has 0 saturated carbocycles. The van der Waals surface area contributed by atoms with Gasteiger partial charge in [0, 0.05) is 13.0 Å². The predicted molar refractivity (Wildman–Crippen MR) is 299 cm³/mol. The molecule has 0 spiro atoms. The van der Waals surface area contributed by atoms with Crippen molar-refractivity contribution >= 4 is 16.4 Å². The van der Waals surface area contributed by atoms with E-state index < -0.39 is 59.8 Å². The molecular weight excluding hydrogens is 945 g/mol. The third kappa shape index (κ3) is 43.6. The van der Waals surface area contributed by atoms with Gasteiger partial charge in [0.05, 0.1) is 19.8 Å². The summed E-state index contributed by atoms with van der Waals surface area (Å²) in [6.45, 7) is 3.89. The van der Waals surface area contributed by atoms with Crippen molar-refractivity contribution < 1.29 is 56.2 Å². The maximum atomic E-state index is 13.0. The number of aliphatic hydroxyl groups is 3. The number of hydrogen-bond acceptors (Lipinski definition) is 11. The largest absolute Gasteiger partial charge is 0.457 e. The summed E-state index contributed by atoms with van der Waals surface area (Å²) in [6, 6.07) is 0. The topological polar surface area (TPSA) is 178 Å². The molecule has 73 heavy (non-hydrogen) atoms. The number of aliphatic hydroxyl groups excluding tert-OH is 3. The molecule has 6 unspecified atom stereocenters. The SMILES string of the molecule is CC/C=C\C/C=C\C/C=C\C/C=C\C/C=C\CCCCCCCCOCC(COC1OC(CO)C(O)C(OS(=O)(=O)O)C1O)OC(=O)CCCCCCCCCCCCCCCCCCCCCCCCCC. The van der Waals surface area contributed by atoms with Crippen molar-refractivity contribution in [1.29, 1.82) is 0 Å². The summed E-state index contributed by atoms with van der Waals surface area (Å²) in [5, 5.41) is 30.9. The van der Waals surface area contributed by atoms with Crippen molar-refractivity contribution in [1.82, 2.24) is 0 Å². The van der Waals surface area contributed by atoms with Gasteiger partial charge in [-0.15, -0.1) is 0 Å². The molecule has 0 bridgehead atoms. The van der Waals surface area contributed by atoms with Crippen LogP contribution in [-0.2, 0) is 38.3 Å². The first-order chi connectivity index (χ1) is 35.6. The second-order valence-corrected chi connectivity index (χ2v) is 21.3. The molecule has 6 atom stereocenters. The number of hydrogen-bond donors (Lipinski definition) is 4. The fourth-order valence-electron chi connectivity index (χ4n) is 9.00. The molecule has 0 aliphatic carbocycles. The van der Waals surface area contributed by atoms with Crippen molar-refractivity contribution in [2.75, 3.05) is 26.4 Å². The highest BCUT2D eigenvalue weighted by molar-refractivity contribution is 7.80. The first-order valence-corrected chi connectivity index (χ1v) is 30.9. The average Bonchev–Trinajstić information content (AvgIpc) is 3.37. The van der Waals surface area contributed by atoms with Gasteiger partial charge in [-0.2, -0.15) is 8.42 Å². The molecule has 1 fully saturated rings. The molecule has 0 amide bonds. The fraction of sp³-hybridized carbons (Fsp3) is 0.817. The fourth-order valence-corrected chi connectivity index (χ4v) is 9.50. The van der Waals surface area contributed by atoms with Gasteiger partial charge in [-0.3, -0.25) is 9.35 Å². The summed E-state index contributed by atoms with van der Waals surface area (Å²) in [7, 11) is -5.07. The van der Waals surface area contributed by atoms with E-state index in [9.17, 15) is 33.1 Å². The molecule has 0 radical (unpaired) electrons. The van der Waals surface area contributed by atoms with Crippen molar-refractivity contribution in [2.24, 2.45) is 0 Å². The summed E-state index contributed by atoms with van der Waals surface area (Å²) >= 11 is 0. The minimum atomic E-state index is -5.07. The number of ether oxygens (including phenoxy) is 4. The van der Waals surface area contributed by atoms with Crippen molar-refractivity contribution in [3.63, 3.8) is 0 Å². The van der Waals surface area contributed by atoms with Gasteiger partial charge in [0.2, 0.25) is 0 Å². The number of rotatable bonds is 52. The highest BCUT2D eigenvalue weighted by atomic mass is 32.3. The molecule has 13 heteroatoms. The second kappa shape index (κ2) is 50.6. The van der Waals surface area contributed by atoms with Gasteiger partial charge in [0.1, 0.15) is 30.5 Å². The van der Waals surface area contributed by atoms with E-state index in [-0.39, 0.29) is 19.6 Å². The van der Waals surface area contributed by atoms with Crippen molar-refractivity contribution in [2.45, 2.75) is 288 Å². The molecule has 1 saturated heterocycles. The van der Waals surface area contributed by atoms with E-state index in [1.165, 1.54) is 135 Å². The molecule has 0 aromatic heterocycles. The van der Waals surface area contributed by atoms with E-state index in [2.05, 4.69) is 78.8 Å². The molecule has 0 aromatic rings. The Balaban J connectivity index is 2.30. The van der Waals surface area contributed by atoms with Crippen LogP contribution in [0, 0.1) is 0 Å². The van der Waals surface area contributed by atoms with Crippen LogP contribution < -0.4 is 0 Å². The highest BCUT2D eigenvalue weighted by Gasteiger charge is 2.48. The molecule has 1 aliphatic rings. The Morgan fingerprint density at radius 1 is 0.534 bits per heavy atom. The Labute approximate surface area is 446 Å². The lowest BCUT2D eigenvalue weighted by atomic mass is 9.99. The Kier molecular flexibility index (Phi) is 47.7. The van der Waals surface area contributed by atoms with Crippen LogP contribution in [0.25, 0.3) is 0 Å².